The number of amides is 3. The number of benzene rings is 1. The van der Waals surface area contributed by atoms with Crippen molar-refractivity contribution >= 4 is 23.9 Å². The number of hydrogen-bond acceptors (Lipinski definition) is 9. The zero-order valence-corrected chi connectivity index (χ0v) is 28.2. The third kappa shape index (κ3) is 8.03. The van der Waals surface area contributed by atoms with Crippen LogP contribution in [0.15, 0.2) is 61.1 Å². The number of urea groups is 1. The number of pyridine rings is 1. The second kappa shape index (κ2) is 14.3. The Morgan fingerprint density at radius 2 is 1.84 bits per heavy atom. The van der Waals surface area contributed by atoms with Crippen LogP contribution in [-0.2, 0) is 14.2 Å². The molecule has 49 heavy (non-hydrogen) atoms. The Morgan fingerprint density at radius 3 is 2.49 bits per heavy atom. The second-order valence-electron chi connectivity index (χ2n) is 13.2. The molecule has 0 radical (unpaired) electrons. The molecule has 3 aromatic heterocycles. The third-order valence-corrected chi connectivity index (χ3v) is 8.25. The zero-order chi connectivity index (χ0) is 34.7. The molecular formula is C35H41FN8O5. The van der Waals surface area contributed by atoms with E-state index in [1.165, 1.54) is 17.2 Å². The van der Waals surface area contributed by atoms with E-state index >= 15 is 0 Å². The molecule has 3 atom stereocenters. The van der Waals surface area contributed by atoms with Crippen molar-refractivity contribution in [2.45, 2.75) is 83.3 Å². The van der Waals surface area contributed by atoms with Crippen LogP contribution in [0.5, 0.6) is 0 Å². The maximum atomic E-state index is 14.1. The lowest BCUT2D eigenvalue weighted by Crippen LogP contribution is -2.40. The molecule has 0 bridgehead atoms. The SMILES string of the molecule is COCC[C@@H]1C[C@@H](NC(=O)Nc2c(C)c(-c3cnc(N(C(=O)OC(C)(C)C)C4CC4)nc3)nn2-c2ccccc2)[C@H](c2ccnc(F)c2)O1. The monoisotopic (exact) mass is 672 g/mol. The van der Waals surface area contributed by atoms with Gasteiger partial charge in [0.05, 0.1) is 17.8 Å². The van der Waals surface area contributed by atoms with Gasteiger partial charge < -0.3 is 19.5 Å². The average molecular weight is 673 g/mol. The molecule has 6 rings (SSSR count). The summed E-state index contributed by atoms with van der Waals surface area (Å²) in [6.45, 7) is 7.80. The summed E-state index contributed by atoms with van der Waals surface area (Å²) in [5.74, 6) is 0.0729. The fourth-order valence-corrected chi connectivity index (χ4v) is 5.83. The summed E-state index contributed by atoms with van der Waals surface area (Å²) in [6.07, 6.45) is 6.20. The lowest BCUT2D eigenvalue weighted by Gasteiger charge is -2.26. The largest absolute Gasteiger partial charge is 0.443 e. The molecule has 1 aromatic carbocycles. The van der Waals surface area contributed by atoms with E-state index in [-0.39, 0.29) is 18.1 Å². The molecule has 3 amide bonds. The first-order valence-electron chi connectivity index (χ1n) is 16.3. The Balaban J connectivity index is 1.26. The summed E-state index contributed by atoms with van der Waals surface area (Å²) in [5, 5.41) is 10.9. The van der Waals surface area contributed by atoms with E-state index in [2.05, 4.69) is 25.6 Å². The van der Waals surface area contributed by atoms with Crippen LogP contribution in [0.4, 0.5) is 25.7 Å². The van der Waals surface area contributed by atoms with Crippen molar-refractivity contribution in [2.24, 2.45) is 0 Å². The molecule has 1 saturated carbocycles. The van der Waals surface area contributed by atoms with E-state index < -0.39 is 35.8 Å². The number of nitrogens with one attached hydrogen (secondary N) is 2. The molecular weight excluding hydrogens is 631 g/mol. The summed E-state index contributed by atoms with van der Waals surface area (Å²) in [4.78, 5) is 40.9. The molecule has 2 aliphatic rings. The fourth-order valence-electron chi connectivity index (χ4n) is 5.83. The van der Waals surface area contributed by atoms with Gasteiger partial charge in [0.1, 0.15) is 23.2 Å². The van der Waals surface area contributed by atoms with Crippen LogP contribution < -0.4 is 15.5 Å². The van der Waals surface area contributed by atoms with E-state index in [1.807, 2.05) is 58.0 Å². The number of aromatic nitrogens is 5. The van der Waals surface area contributed by atoms with Gasteiger partial charge in [0.2, 0.25) is 11.9 Å². The van der Waals surface area contributed by atoms with Gasteiger partial charge in [-0.15, -0.1) is 0 Å². The predicted molar refractivity (Wildman–Crippen MR) is 180 cm³/mol. The van der Waals surface area contributed by atoms with Crippen molar-refractivity contribution in [3.63, 3.8) is 0 Å². The first-order chi connectivity index (χ1) is 23.5. The molecule has 14 heteroatoms. The highest BCUT2D eigenvalue weighted by atomic mass is 19.1. The second-order valence-corrected chi connectivity index (χ2v) is 13.2. The minimum absolute atomic E-state index is 0.00764. The number of para-hydroxylation sites is 1. The predicted octanol–water partition coefficient (Wildman–Crippen LogP) is 6.13. The summed E-state index contributed by atoms with van der Waals surface area (Å²) in [5.41, 5.74) is 2.48. The number of nitrogens with zero attached hydrogens (tertiary/aromatic N) is 6. The molecule has 13 nitrogen and oxygen atoms in total. The molecule has 1 aliphatic carbocycles. The van der Waals surface area contributed by atoms with Gasteiger partial charge in [0, 0.05) is 49.5 Å². The molecule has 1 saturated heterocycles. The molecule has 258 valence electrons. The highest BCUT2D eigenvalue weighted by Gasteiger charge is 2.39. The maximum absolute atomic E-state index is 14.1. The van der Waals surface area contributed by atoms with Crippen LogP contribution in [0.2, 0.25) is 0 Å². The number of rotatable bonds is 10. The molecule has 4 heterocycles. The van der Waals surface area contributed by atoms with Crippen molar-refractivity contribution in [3.05, 3.63) is 78.1 Å². The number of carbonyl (C=O) groups excluding carboxylic acids is 2. The molecule has 1 aliphatic heterocycles. The fraction of sp³-hybridized carbons (Fsp3) is 0.429. The minimum Gasteiger partial charge on any atom is -0.443 e. The lowest BCUT2D eigenvalue weighted by molar-refractivity contribution is 0.0210. The quantitative estimate of drug-likeness (QED) is 0.190. The first kappa shape index (κ1) is 33.9. The Hall–Kier alpha value is -4.95. The number of methoxy groups -OCH3 is 1. The van der Waals surface area contributed by atoms with Crippen LogP contribution in [0.25, 0.3) is 16.9 Å². The Labute approximate surface area is 284 Å². The van der Waals surface area contributed by atoms with E-state index in [4.69, 9.17) is 19.3 Å². The topological polar surface area (TPSA) is 146 Å². The van der Waals surface area contributed by atoms with E-state index in [0.29, 0.717) is 47.7 Å². The van der Waals surface area contributed by atoms with Crippen molar-refractivity contribution in [1.29, 1.82) is 0 Å². The number of halogens is 1. The molecule has 0 unspecified atom stereocenters. The third-order valence-electron chi connectivity index (χ3n) is 8.25. The molecule has 2 fully saturated rings. The standard InChI is InChI=1S/C35H41FN8O5/c1-21-29(23-19-38-32(39-20-23)43(24-11-12-24)34(46)49-35(2,3)4)42-44(25-9-7-6-8-10-25)31(21)41-33(45)40-27-18-26(14-16-47-5)48-30(27)22-13-15-37-28(36)17-22/h6-10,13,15,17,19-20,24,26-27,30H,11-12,14,16,18H2,1-5H3,(H2,40,41,45)/t26-,27-,30+/m1/s1. The highest BCUT2D eigenvalue weighted by molar-refractivity contribution is 5.91. The van der Waals surface area contributed by atoms with Crippen LogP contribution >= 0.6 is 0 Å². The van der Waals surface area contributed by atoms with Gasteiger partial charge in [-0.25, -0.2) is 34.1 Å². The first-order valence-corrected chi connectivity index (χ1v) is 16.3. The summed E-state index contributed by atoms with van der Waals surface area (Å²) in [7, 11) is 1.62. The van der Waals surface area contributed by atoms with Gasteiger partial charge >= 0.3 is 12.1 Å². The number of carbonyl (C=O) groups is 2. The minimum atomic E-state index is -0.657. The van der Waals surface area contributed by atoms with Crippen LogP contribution in [0.3, 0.4) is 0 Å². The summed E-state index contributed by atoms with van der Waals surface area (Å²) >= 11 is 0. The summed E-state index contributed by atoms with van der Waals surface area (Å²) < 4.78 is 32.8. The van der Waals surface area contributed by atoms with Crippen LogP contribution in [0, 0.1) is 12.9 Å². The van der Waals surface area contributed by atoms with Crippen molar-refractivity contribution in [2.75, 3.05) is 23.9 Å². The summed E-state index contributed by atoms with van der Waals surface area (Å²) in [6, 6.07) is 11.5. The lowest BCUT2D eigenvalue weighted by atomic mass is 10.0. The maximum Gasteiger partial charge on any atom is 0.417 e. The Kier molecular flexibility index (Phi) is 9.88. The molecule has 4 aromatic rings. The van der Waals surface area contributed by atoms with Crippen molar-refractivity contribution in [1.82, 2.24) is 30.0 Å². The normalized spacial score (nSPS) is 19.0. The van der Waals surface area contributed by atoms with Gasteiger partial charge in [-0.1, -0.05) is 18.2 Å². The van der Waals surface area contributed by atoms with Crippen molar-refractivity contribution < 1.29 is 28.2 Å². The molecule has 0 spiro atoms. The van der Waals surface area contributed by atoms with Gasteiger partial charge in [0.25, 0.3) is 0 Å². The van der Waals surface area contributed by atoms with Crippen LogP contribution in [-0.4, -0.2) is 74.4 Å². The van der Waals surface area contributed by atoms with E-state index in [9.17, 15) is 14.0 Å². The number of ether oxygens (including phenoxy) is 3. The smallest absolute Gasteiger partial charge is 0.417 e. The number of hydrogen-bond donors (Lipinski definition) is 2. The van der Waals surface area contributed by atoms with E-state index in [0.717, 1.165) is 18.5 Å². The van der Waals surface area contributed by atoms with Crippen LogP contribution in [0.1, 0.15) is 63.7 Å². The Morgan fingerprint density at radius 1 is 1.10 bits per heavy atom. The average Bonchev–Trinajstić information content (AvgIpc) is 3.73. The Bertz CT molecular complexity index is 1780. The molecule has 2 N–H and O–H groups in total. The van der Waals surface area contributed by atoms with Crippen molar-refractivity contribution in [3.8, 4) is 16.9 Å². The highest BCUT2D eigenvalue weighted by Crippen LogP contribution is 2.36. The van der Waals surface area contributed by atoms with Gasteiger partial charge in [-0.05, 0) is 83.2 Å². The van der Waals surface area contributed by atoms with Gasteiger partial charge in [0.15, 0.2) is 0 Å². The number of anilines is 2. The zero-order valence-electron chi connectivity index (χ0n) is 28.2. The van der Waals surface area contributed by atoms with Gasteiger partial charge in [-0.2, -0.15) is 9.49 Å². The van der Waals surface area contributed by atoms with E-state index in [1.54, 1.807) is 30.3 Å². The van der Waals surface area contributed by atoms with Gasteiger partial charge in [-0.3, -0.25) is 5.32 Å².